The van der Waals surface area contributed by atoms with Crippen LogP contribution in [0, 0.1) is 0 Å². The lowest BCUT2D eigenvalue weighted by atomic mass is 10.0. The zero-order valence-electron chi connectivity index (χ0n) is 8.45. The van der Waals surface area contributed by atoms with E-state index in [1.54, 1.807) is 0 Å². The van der Waals surface area contributed by atoms with Crippen LogP contribution in [-0.2, 0) is 4.79 Å². The van der Waals surface area contributed by atoms with E-state index < -0.39 is 0 Å². The lowest BCUT2D eigenvalue weighted by Gasteiger charge is -2.12. The van der Waals surface area contributed by atoms with Crippen LogP contribution in [0.4, 0.5) is 5.69 Å². The number of carbonyl (C=O) groups excluding carboxylic acids is 1. The van der Waals surface area contributed by atoms with Crippen molar-refractivity contribution in [3.05, 3.63) is 29.8 Å². The smallest absolute Gasteiger partial charge is 0.234 e. The van der Waals surface area contributed by atoms with Gasteiger partial charge in [0.05, 0.1) is 5.75 Å². The summed E-state index contributed by atoms with van der Waals surface area (Å²) in [5.41, 5.74) is 2.05. The third kappa shape index (κ3) is 2.77. The highest BCUT2D eigenvalue weighted by molar-refractivity contribution is 7.81. The van der Waals surface area contributed by atoms with Gasteiger partial charge >= 0.3 is 0 Å². The molecule has 0 heterocycles. The average Bonchev–Trinajstić information content (AvgIpc) is 2.18. The van der Waals surface area contributed by atoms with Gasteiger partial charge in [-0.3, -0.25) is 4.79 Å². The van der Waals surface area contributed by atoms with Crippen molar-refractivity contribution in [1.82, 2.24) is 0 Å². The van der Waals surface area contributed by atoms with Gasteiger partial charge in [-0.05, 0) is 17.5 Å². The molecule has 0 unspecified atom stereocenters. The summed E-state index contributed by atoms with van der Waals surface area (Å²) in [6.07, 6.45) is 0. The van der Waals surface area contributed by atoms with Gasteiger partial charge in [0.1, 0.15) is 0 Å². The largest absolute Gasteiger partial charge is 0.325 e. The fourth-order valence-electron chi connectivity index (χ4n) is 1.30. The van der Waals surface area contributed by atoms with Crippen LogP contribution in [0.1, 0.15) is 25.3 Å². The summed E-state index contributed by atoms with van der Waals surface area (Å²) in [7, 11) is 0. The van der Waals surface area contributed by atoms with Crippen molar-refractivity contribution in [2.45, 2.75) is 19.8 Å². The van der Waals surface area contributed by atoms with Crippen LogP contribution in [0.3, 0.4) is 0 Å². The van der Waals surface area contributed by atoms with E-state index >= 15 is 0 Å². The maximum Gasteiger partial charge on any atom is 0.234 e. The van der Waals surface area contributed by atoms with Gasteiger partial charge in [0.2, 0.25) is 5.91 Å². The molecule has 0 fully saturated rings. The van der Waals surface area contributed by atoms with Crippen LogP contribution < -0.4 is 5.32 Å². The first kappa shape index (κ1) is 11.1. The first-order valence-corrected chi connectivity index (χ1v) is 5.28. The second-order valence-electron chi connectivity index (χ2n) is 3.45. The molecule has 3 heteroatoms. The number of amides is 1. The molecule has 76 valence electrons. The molecule has 0 aliphatic heterocycles. The molecule has 0 atom stereocenters. The fraction of sp³-hybridized carbons (Fsp3) is 0.364. The molecule has 0 aromatic heterocycles. The fourth-order valence-corrected chi connectivity index (χ4v) is 1.38. The molecule has 1 aromatic carbocycles. The molecule has 1 amide bonds. The van der Waals surface area contributed by atoms with Crippen molar-refractivity contribution in [2.75, 3.05) is 11.1 Å². The van der Waals surface area contributed by atoms with Gasteiger partial charge in [0, 0.05) is 5.69 Å². The zero-order valence-corrected chi connectivity index (χ0v) is 9.34. The molecular weight excluding hydrogens is 194 g/mol. The number of benzene rings is 1. The quantitative estimate of drug-likeness (QED) is 0.736. The number of hydrogen-bond acceptors (Lipinski definition) is 2. The van der Waals surface area contributed by atoms with Gasteiger partial charge in [0.25, 0.3) is 0 Å². The van der Waals surface area contributed by atoms with Crippen LogP contribution >= 0.6 is 12.6 Å². The monoisotopic (exact) mass is 209 g/mol. The van der Waals surface area contributed by atoms with E-state index in [1.165, 1.54) is 0 Å². The van der Waals surface area contributed by atoms with Crippen LogP contribution in [0.15, 0.2) is 24.3 Å². The highest BCUT2D eigenvalue weighted by Gasteiger charge is 2.07. The van der Waals surface area contributed by atoms with E-state index in [4.69, 9.17) is 0 Å². The second kappa shape index (κ2) is 5.05. The summed E-state index contributed by atoms with van der Waals surface area (Å²) in [5, 5.41) is 2.83. The van der Waals surface area contributed by atoms with Gasteiger partial charge in [-0.2, -0.15) is 12.6 Å². The maximum absolute atomic E-state index is 11.2. The first-order chi connectivity index (χ1) is 6.65. The third-order valence-electron chi connectivity index (χ3n) is 2.00. The zero-order chi connectivity index (χ0) is 10.6. The van der Waals surface area contributed by atoms with E-state index in [0.717, 1.165) is 11.3 Å². The van der Waals surface area contributed by atoms with Gasteiger partial charge in [0.15, 0.2) is 0 Å². The topological polar surface area (TPSA) is 29.1 Å². The Labute approximate surface area is 90.1 Å². The van der Waals surface area contributed by atoms with Crippen LogP contribution in [0.5, 0.6) is 0 Å². The second-order valence-corrected chi connectivity index (χ2v) is 3.76. The van der Waals surface area contributed by atoms with Crippen molar-refractivity contribution < 1.29 is 4.79 Å². The Morgan fingerprint density at radius 2 is 2.07 bits per heavy atom. The van der Waals surface area contributed by atoms with E-state index in [9.17, 15) is 4.79 Å². The lowest BCUT2D eigenvalue weighted by Crippen LogP contribution is -2.14. The molecule has 0 aliphatic carbocycles. The van der Waals surface area contributed by atoms with Crippen molar-refractivity contribution >= 4 is 24.2 Å². The molecule has 1 N–H and O–H groups in total. The van der Waals surface area contributed by atoms with E-state index in [0.29, 0.717) is 5.92 Å². The average molecular weight is 209 g/mol. The standard InChI is InChI=1S/C11H15NOS/c1-8(2)9-5-3-4-6-10(9)12-11(13)7-14/h3-6,8,14H,7H2,1-2H3,(H,12,13). The van der Waals surface area contributed by atoms with Crippen LogP contribution in [0.2, 0.25) is 0 Å². The third-order valence-corrected chi connectivity index (χ3v) is 2.29. The molecular formula is C11H15NOS. The van der Waals surface area contributed by atoms with Crippen molar-refractivity contribution in [1.29, 1.82) is 0 Å². The van der Waals surface area contributed by atoms with Crippen LogP contribution in [0.25, 0.3) is 0 Å². The Hall–Kier alpha value is -0.960. The van der Waals surface area contributed by atoms with Gasteiger partial charge in [-0.1, -0.05) is 32.0 Å². The molecule has 2 nitrogen and oxygen atoms in total. The first-order valence-electron chi connectivity index (χ1n) is 4.64. The summed E-state index contributed by atoms with van der Waals surface area (Å²) >= 11 is 3.92. The predicted octanol–water partition coefficient (Wildman–Crippen LogP) is 2.68. The molecule has 1 rings (SSSR count). The molecule has 0 aliphatic rings. The summed E-state index contributed by atoms with van der Waals surface area (Å²) in [5.74, 6) is 0.555. The normalized spacial score (nSPS) is 10.3. The minimum Gasteiger partial charge on any atom is -0.325 e. The van der Waals surface area contributed by atoms with Crippen molar-refractivity contribution in [3.63, 3.8) is 0 Å². The van der Waals surface area contributed by atoms with E-state index in [-0.39, 0.29) is 11.7 Å². The minimum atomic E-state index is -0.0681. The summed E-state index contributed by atoms with van der Waals surface area (Å²) < 4.78 is 0. The Morgan fingerprint density at radius 3 is 2.64 bits per heavy atom. The Bertz CT molecular complexity index is 323. The summed E-state index contributed by atoms with van der Waals surface area (Å²) in [6.45, 7) is 4.21. The molecule has 0 saturated carbocycles. The molecule has 0 radical (unpaired) electrons. The number of nitrogens with one attached hydrogen (secondary N) is 1. The highest BCUT2D eigenvalue weighted by atomic mass is 32.1. The SMILES string of the molecule is CC(C)c1ccccc1NC(=O)CS. The Balaban J connectivity index is 2.90. The number of rotatable bonds is 3. The minimum absolute atomic E-state index is 0.0681. The summed E-state index contributed by atoms with van der Waals surface area (Å²) in [4.78, 5) is 11.2. The highest BCUT2D eigenvalue weighted by Crippen LogP contribution is 2.23. The lowest BCUT2D eigenvalue weighted by molar-refractivity contribution is -0.113. The molecule has 14 heavy (non-hydrogen) atoms. The van der Waals surface area contributed by atoms with E-state index in [1.807, 2.05) is 24.3 Å². The Morgan fingerprint density at radius 1 is 1.43 bits per heavy atom. The summed E-state index contributed by atoms with van der Waals surface area (Å²) in [6, 6.07) is 7.83. The number of para-hydroxylation sites is 1. The van der Waals surface area contributed by atoms with Crippen LogP contribution in [-0.4, -0.2) is 11.7 Å². The van der Waals surface area contributed by atoms with Crippen molar-refractivity contribution in [3.8, 4) is 0 Å². The molecule has 1 aromatic rings. The number of anilines is 1. The molecule has 0 spiro atoms. The van der Waals surface area contributed by atoms with Gasteiger partial charge < -0.3 is 5.32 Å². The predicted molar refractivity (Wildman–Crippen MR) is 63.0 cm³/mol. The van der Waals surface area contributed by atoms with Gasteiger partial charge in [-0.25, -0.2) is 0 Å². The molecule has 0 saturated heterocycles. The van der Waals surface area contributed by atoms with E-state index in [2.05, 4.69) is 31.8 Å². The van der Waals surface area contributed by atoms with Crippen molar-refractivity contribution in [2.24, 2.45) is 0 Å². The number of carbonyl (C=O) groups is 1. The molecule has 0 bridgehead atoms. The van der Waals surface area contributed by atoms with Gasteiger partial charge in [-0.15, -0.1) is 0 Å². The maximum atomic E-state index is 11.2. The number of hydrogen-bond donors (Lipinski definition) is 2. The number of thiol groups is 1. The Kier molecular flexibility index (Phi) is 4.01.